The lowest BCUT2D eigenvalue weighted by atomic mass is 10.0. The van der Waals surface area contributed by atoms with Crippen molar-refractivity contribution in [2.24, 2.45) is 0 Å². The summed E-state index contributed by atoms with van der Waals surface area (Å²) in [5, 5.41) is 14.6. The molecule has 38 heavy (non-hydrogen) atoms. The fourth-order valence-electron chi connectivity index (χ4n) is 4.26. The maximum absolute atomic E-state index is 5.39. The zero-order valence-electron chi connectivity index (χ0n) is 20.8. The average molecular weight is 518 g/mol. The summed E-state index contributed by atoms with van der Waals surface area (Å²) >= 11 is 1.61. The van der Waals surface area contributed by atoms with E-state index in [9.17, 15) is 0 Å². The standard InChI is InChI=1S/C30H23N5O2S/c1-36-25-18-24-28(33-30(25)37-2)26(16-17-31-24)38-21-14-12-20(13-15-21)32-29-23-11-7-6-10-22(23)27(34-35-29)19-8-4-3-5-9-19/h3-18H,1-2H3,(H,32,35). The van der Waals surface area contributed by atoms with Crippen LogP contribution >= 0.6 is 11.8 Å². The van der Waals surface area contributed by atoms with Crippen molar-refractivity contribution in [2.45, 2.75) is 9.79 Å². The van der Waals surface area contributed by atoms with Gasteiger partial charge in [-0.3, -0.25) is 4.98 Å². The van der Waals surface area contributed by atoms with Gasteiger partial charge in [0.05, 0.1) is 19.7 Å². The van der Waals surface area contributed by atoms with Crippen LogP contribution in [0.15, 0.2) is 107 Å². The highest BCUT2D eigenvalue weighted by molar-refractivity contribution is 7.99. The van der Waals surface area contributed by atoms with E-state index in [1.165, 1.54) is 0 Å². The molecule has 0 saturated carbocycles. The van der Waals surface area contributed by atoms with Gasteiger partial charge in [0.25, 0.3) is 5.88 Å². The lowest BCUT2D eigenvalue weighted by molar-refractivity contribution is 0.344. The number of ether oxygens (including phenoxy) is 2. The summed E-state index contributed by atoms with van der Waals surface area (Å²) in [6.45, 7) is 0. The Balaban J connectivity index is 1.27. The fourth-order valence-corrected chi connectivity index (χ4v) is 5.16. The predicted octanol–water partition coefficient (Wildman–Crippen LogP) is 7.15. The second kappa shape index (κ2) is 10.4. The minimum atomic E-state index is 0.431. The van der Waals surface area contributed by atoms with E-state index in [1.807, 2.05) is 66.7 Å². The van der Waals surface area contributed by atoms with E-state index in [2.05, 4.69) is 49.7 Å². The summed E-state index contributed by atoms with van der Waals surface area (Å²) in [5.41, 5.74) is 4.34. The van der Waals surface area contributed by atoms with Crippen LogP contribution in [0.3, 0.4) is 0 Å². The third-order valence-corrected chi connectivity index (χ3v) is 7.16. The molecule has 6 aromatic rings. The monoisotopic (exact) mass is 517 g/mol. The lowest BCUT2D eigenvalue weighted by Gasteiger charge is -2.12. The summed E-state index contributed by atoms with van der Waals surface area (Å²) in [4.78, 5) is 11.1. The number of hydrogen-bond acceptors (Lipinski definition) is 8. The number of aromatic nitrogens is 4. The molecule has 0 unspecified atom stereocenters. The summed E-state index contributed by atoms with van der Waals surface area (Å²) < 4.78 is 10.8. The van der Waals surface area contributed by atoms with Gasteiger partial charge in [-0.2, -0.15) is 0 Å². The van der Waals surface area contributed by atoms with Crippen molar-refractivity contribution >= 4 is 45.1 Å². The molecule has 186 valence electrons. The van der Waals surface area contributed by atoms with Crippen LogP contribution in [0.5, 0.6) is 11.6 Å². The Bertz CT molecular complexity index is 1740. The number of rotatable bonds is 7. The molecule has 0 fully saturated rings. The van der Waals surface area contributed by atoms with Gasteiger partial charge in [0, 0.05) is 44.1 Å². The highest BCUT2D eigenvalue weighted by Crippen LogP contribution is 2.37. The number of benzene rings is 3. The van der Waals surface area contributed by atoms with Crippen LogP contribution in [-0.2, 0) is 0 Å². The third kappa shape index (κ3) is 4.57. The molecule has 0 spiro atoms. The molecule has 3 heterocycles. The first kappa shape index (κ1) is 23.7. The Labute approximate surface area is 223 Å². The number of nitrogens with zero attached hydrogens (tertiary/aromatic N) is 4. The quantitative estimate of drug-likeness (QED) is 0.239. The molecule has 0 aliphatic carbocycles. The van der Waals surface area contributed by atoms with E-state index < -0.39 is 0 Å². The molecule has 6 rings (SSSR count). The zero-order valence-corrected chi connectivity index (χ0v) is 21.6. The second-order valence-corrected chi connectivity index (χ2v) is 9.55. The van der Waals surface area contributed by atoms with Gasteiger partial charge in [-0.25, -0.2) is 4.98 Å². The molecule has 0 saturated heterocycles. The summed E-state index contributed by atoms with van der Waals surface area (Å²) in [6.07, 6.45) is 1.77. The molecule has 0 radical (unpaired) electrons. The molecule has 0 amide bonds. The third-order valence-electron chi connectivity index (χ3n) is 6.10. The lowest BCUT2D eigenvalue weighted by Crippen LogP contribution is -1.99. The average Bonchev–Trinajstić information content (AvgIpc) is 2.98. The number of hydrogen-bond donors (Lipinski definition) is 1. The summed E-state index contributed by atoms with van der Waals surface area (Å²) in [7, 11) is 3.17. The van der Waals surface area contributed by atoms with Crippen LogP contribution in [0.2, 0.25) is 0 Å². The van der Waals surface area contributed by atoms with Gasteiger partial charge in [-0.1, -0.05) is 66.4 Å². The van der Waals surface area contributed by atoms with Gasteiger partial charge in [0.15, 0.2) is 11.6 Å². The van der Waals surface area contributed by atoms with Crippen molar-refractivity contribution in [3.63, 3.8) is 0 Å². The normalized spacial score (nSPS) is 11.0. The van der Waals surface area contributed by atoms with E-state index in [1.54, 1.807) is 32.2 Å². The number of fused-ring (bicyclic) bond motifs is 2. The van der Waals surface area contributed by atoms with E-state index >= 15 is 0 Å². The van der Waals surface area contributed by atoms with Crippen molar-refractivity contribution in [2.75, 3.05) is 19.5 Å². The van der Waals surface area contributed by atoms with Crippen molar-refractivity contribution in [1.29, 1.82) is 0 Å². The van der Waals surface area contributed by atoms with E-state index in [0.717, 1.165) is 48.5 Å². The molecular weight excluding hydrogens is 494 g/mol. The topological polar surface area (TPSA) is 82.0 Å². The Morgan fingerprint density at radius 1 is 0.763 bits per heavy atom. The van der Waals surface area contributed by atoms with Crippen molar-refractivity contribution in [1.82, 2.24) is 20.2 Å². The van der Waals surface area contributed by atoms with E-state index in [4.69, 9.17) is 9.47 Å². The van der Waals surface area contributed by atoms with Crippen LogP contribution in [0.25, 0.3) is 33.1 Å². The maximum Gasteiger partial charge on any atom is 0.257 e. The van der Waals surface area contributed by atoms with Crippen LogP contribution in [-0.4, -0.2) is 34.4 Å². The van der Waals surface area contributed by atoms with Crippen molar-refractivity contribution in [3.8, 4) is 22.9 Å². The van der Waals surface area contributed by atoms with Crippen LogP contribution in [0, 0.1) is 0 Å². The second-order valence-electron chi connectivity index (χ2n) is 8.44. The molecule has 8 heteroatoms. The van der Waals surface area contributed by atoms with Gasteiger partial charge in [0.2, 0.25) is 0 Å². The van der Waals surface area contributed by atoms with Gasteiger partial charge >= 0.3 is 0 Å². The first-order valence-electron chi connectivity index (χ1n) is 12.0. The van der Waals surface area contributed by atoms with Crippen LogP contribution < -0.4 is 14.8 Å². The predicted molar refractivity (Wildman–Crippen MR) is 151 cm³/mol. The smallest absolute Gasteiger partial charge is 0.257 e. The van der Waals surface area contributed by atoms with Crippen LogP contribution in [0.1, 0.15) is 0 Å². The summed E-state index contributed by atoms with van der Waals surface area (Å²) in [5.74, 6) is 1.70. The van der Waals surface area contributed by atoms with Gasteiger partial charge in [0.1, 0.15) is 11.2 Å². The first-order valence-corrected chi connectivity index (χ1v) is 12.8. The van der Waals surface area contributed by atoms with Gasteiger partial charge in [-0.15, -0.1) is 10.2 Å². The Morgan fingerprint density at radius 3 is 2.29 bits per heavy atom. The highest BCUT2D eigenvalue weighted by atomic mass is 32.2. The molecule has 0 atom stereocenters. The minimum absolute atomic E-state index is 0.431. The molecule has 3 aromatic heterocycles. The largest absolute Gasteiger partial charge is 0.491 e. The van der Waals surface area contributed by atoms with E-state index in [-0.39, 0.29) is 0 Å². The maximum atomic E-state index is 5.39. The number of pyridine rings is 2. The Hall–Kier alpha value is -4.69. The van der Waals surface area contributed by atoms with Gasteiger partial charge < -0.3 is 14.8 Å². The molecule has 1 N–H and O–H groups in total. The van der Waals surface area contributed by atoms with Gasteiger partial charge in [-0.05, 0) is 30.3 Å². The van der Waals surface area contributed by atoms with Crippen molar-refractivity contribution in [3.05, 3.63) is 97.2 Å². The first-order chi connectivity index (χ1) is 18.7. The molecule has 7 nitrogen and oxygen atoms in total. The Morgan fingerprint density at radius 2 is 1.53 bits per heavy atom. The number of methoxy groups -OCH3 is 2. The molecule has 3 aromatic carbocycles. The molecule has 0 bridgehead atoms. The number of nitrogens with one attached hydrogen (secondary N) is 1. The molecule has 0 aliphatic rings. The van der Waals surface area contributed by atoms with Crippen LogP contribution in [0.4, 0.5) is 11.5 Å². The fraction of sp³-hybridized carbons (Fsp3) is 0.0667. The summed E-state index contributed by atoms with van der Waals surface area (Å²) in [6, 6.07) is 30.3. The Kier molecular flexibility index (Phi) is 6.46. The number of anilines is 2. The van der Waals surface area contributed by atoms with Crippen molar-refractivity contribution < 1.29 is 9.47 Å². The molecular formula is C30H23N5O2S. The highest BCUT2D eigenvalue weighted by Gasteiger charge is 2.14. The minimum Gasteiger partial charge on any atom is -0.491 e. The van der Waals surface area contributed by atoms with E-state index in [0.29, 0.717) is 17.4 Å². The zero-order chi connectivity index (χ0) is 25.9. The molecule has 0 aliphatic heterocycles. The SMILES string of the molecule is COc1cc2nccc(Sc3ccc(Nc4nnc(-c5ccccc5)c5ccccc45)cc3)c2nc1OC.